The van der Waals surface area contributed by atoms with E-state index in [0.717, 1.165) is 0 Å². The van der Waals surface area contributed by atoms with Crippen molar-refractivity contribution in [2.24, 2.45) is 0 Å². The second kappa shape index (κ2) is 3.62. The minimum Gasteiger partial charge on any atom is -0.227 e. The van der Waals surface area contributed by atoms with Gasteiger partial charge in [0, 0.05) is 10.8 Å². The van der Waals surface area contributed by atoms with Crippen LogP contribution in [0.25, 0.3) is 0 Å². The van der Waals surface area contributed by atoms with Gasteiger partial charge in [-0.25, -0.2) is 16.8 Å². The molecule has 0 N–H and O–H groups in total. The SMILES string of the molecule is O=[SH](=O)C=C[SH](=O)=O. The zero-order chi connectivity index (χ0) is 6.57. The third kappa shape index (κ3) is 5.64. The van der Waals surface area contributed by atoms with E-state index in [9.17, 15) is 16.8 Å². The molecule has 0 saturated heterocycles. The standard InChI is InChI=1S/C2H4O4S2/c3-7(4)1-2-8(5)6/h1-2,7-8H. The largest absolute Gasteiger partial charge is 0.227 e. The third-order valence-electron chi connectivity index (χ3n) is 0.310. The van der Waals surface area contributed by atoms with Gasteiger partial charge in [0.2, 0.25) is 0 Å². The van der Waals surface area contributed by atoms with Gasteiger partial charge in [-0.2, -0.15) is 0 Å². The zero-order valence-corrected chi connectivity index (χ0v) is 5.47. The summed E-state index contributed by atoms with van der Waals surface area (Å²) in [5.41, 5.74) is 0. The molecule has 0 heterocycles. The molecule has 6 heteroatoms. The van der Waals surface area contributed by atoms with E-state index in [-0.39, 0.29) is 0 Å². The highest BCUT2D eigenvalue weighted by molar-refractivity contribution is 7.79. The van der Waals surface area contributed by atoms with Crippen LogP contribution >= 0.6 is 0 Å². The lowest BCUT2D eigenvalue weighted by atomic mass is 11.3. The van der Waals surface area contributed by atoms with Crippen molar-refractivity contribution >= 4 is 21.4 Å². The van der Waals surface area contributed by atoms with Crippen molar-refractivity contribution in [3.8, 4) is 0 Å². The van der Waals surface area contributed by atoms with Crippen molar-refractivity contribution in [1.82, 2.24) is 0 Å². The topological polar surface area (TPSA) is 68.3 Å². The van der Waals surface area contributed by atoms with E-state index in [1.807, 2.05) is 0 Å². The van der Waals surface area contributed by atoms with E-state index >= 15 is 0 Å². The summed E-state index contributed by atoms with van der Waals surface area (Å²) < 4.78 is 38.3. The number of hydrogen-bond acceptors (Lipinski definition) is 4. The van der Waals surface area contributed by atoms with Gasteiger partial charge in [0.15, 0.2) is 21.4 Å². The number of thiol groups is 2. The van der Waals surface area contributed by atoms with E-state index in [0.29, 0.717) is 10.8 Å². The fraction of sp³-hybridized carbons (Fsp3) is 0. The van der Waals surface area contributed by atoms with E-state index in [2.05, 4.69) is 0 Å². The van der Waals surface area contributed by atoms with Gasteiger partial charge >= 0.3 is 0 Å². The van der Waals surface area contributed by atoms with Crippen molar-refractivity contribution < 1.29 is 16.8 Å². The maximum absolute atomic E-state index is 9.59. The zero-order valence-electron chi connectivity index (χ0n) is 3.68. The van der Waals surface area contributed by atoms with Crippen LogP contribution in [0.4, 0.5) is 0 Å². The summed E-state index contributed by atoms with van der Waals surface area (Å²) in [6, 6.07) is 0. The monoisotopic (exact) mass is 156 g/mol. The lowest BCUT2D eigenvalue weighted by Gasteiger charge is -1.61. The molecule has 0 fully saturated rings. The molecule has 0 aliphatic heterocycles. The molecule has 0 unspecified atom stereocenters. The lowest BCUT2D eigenvalue weighted by Crippen LogP contribution is -1.66. The molecule has 0 aromatic rings. The molecule has 0 aliphatic rings. The molecular weight excluding hydrogens is 152 g/mol. The first kappa shape index (κ1) is 7.64. The van der Waals surface area contributed by atoms with Crippen LogP contribution in [0.5, 0.6) is 0 Å². The lowest BCUT2D eigenvalue weighted by molar-refractivity contribution is 0.618. The Bertz CT molecular complexity index is 180. The minimum atomic E-state index is -2.70. The van der Waals surface area contributed by atoms with Gasteiger partial charge in [-0.05, 0) is 0 Å². The summed E-state index contributed by atoms with van der Waals surface area (Å²) in [5, 5.41) is 1.20. The first-order valence-corrected chi connectivity index (χ1v) is 4.07. The predicted molar refractivity (Wildman–Crippen MR) is 29.8 cm³/mol. The second-order valence-corrected chi connectivity index (χ2v) is 2.61. The van der Waals surface area contributed by atoms with Crippen LogP contribution in [-0.2, 0) is 21.4 Å². The average molecular weight is 156 g/mol. The third-order valence-corrected chi connectivity index (χ3v) is 1.33. The van der Waals surface area contributed by atoms with Gasteiger partial charge in [-0.15, -0.1) is 0 Å². The molecule has 0 amide bonds. The Labute approximate surface area is 49.7 Å². The highest BCUT2D eigenvalue weighted by atomic mass is 32.2. The molecule has 0 saturated carbocycles. The summed E-state index contributed by atoms with van der Waals surface area (Å²) in [6.45, 7) is 0. The normalized spacial score (nSPS) is 11.8. The Morgan fingerprint density at radius 2 is 1.00 bits per heavy atom. The van der Waals surface area contributed by atoms with Crippen molar-refractivity contribution in [3.63, 3.8) is 0 Å². The Balaban J connectivity index is 4.07. The molecule has 0 aliphatic carbocycles. The maximum Gasteiger partial charge on any atom is 0.162 e. The Hall–Kier alpha value is -0.360. The highest BCUT2D eigenvalue weighted by Crippen LogP contribution is 1.70. The van der Waals surface area contributed by atoms with Crippen molar-refractivity contribution in [2.75, 3.05) is 0 Å². The molecular formula is C2H4O4S2. The molecule has 0 spiro atoms. The smallest absolute Gasteiger partial charge is 0.162 e. The van der Waals surface area contributed by atoms with Crippen LogP contribution < -0.4 is 0 Å². The molecule has 0 rings (SSSR count). The fourth-order valence-electron chi connectivity index (χ4n) is 0.109. The Morgan fingerprint density at radius 3 is 1.12 bits per heavy atom. The first-order valence-electron chi connectivity index (χ1n) is 1.58. The number of rotatable bonds is 2. The van der Waals surface area contributed by atoms with Crippen LogP contribution in [0.1, 0.15) is 0 Å². The summed E-state index contributed by atoms with van der Waals surface area (Å²) >= 11 is 0. The molecule has 0 aromatic carbocycles. The predicted octanol–water partition coefficient (Wildman–Crippen LogP) is -1.32. The fourth-order valence-corrected chi connectivity index (χ4v) is 0.980. The van der Waals surface area contributed by atoms with Crippen molar-refractivity contribution in [2.45, 2.75) is 0 Å². The molecule has 8 heavy (non-hydrogen) atoms. The molecule has 4 nitrogen and oxygen atoms in total. The van der Waals surface area contributed by atoms with Crippen LogP contribution in [0.15, 0.2) is 10.8 Å². The van der Waals surface area contributed by atoms with Gasteiger partial charge in [0.1, 0.15) is 0 Å². The van der Waals surface area contributed by atoms with Gasteiger partial charge in [-0.1, -0.05) is 0 Å². The maximum atomic E-state index is 9.59. The van der Waals surface area contributed by atoms with Gasteiger partial charge in [-0.3, -0.25) is 0 Å². The Morgan fingerprint density at radius 1 is 0.750 bits per heavy atom. The minimum absolute atomic E-state index is 0.598. The van der Waals surface area contributed by atoms with Crippen molar-refractivity contribution in [1.29, 1.82) is 0 Å². The van der Waals surface area contributed by atoms with Crippen LogP contribution in [0.3, 0.4) is 0 Å². The van der Waals surface area contributed by atoms with Gasteiger partial charge < -0.3 is 0 Å². The quantitative estimate of drug-likeness (QED) is 0.487. The summed E-state index contributed by atoms with van der Waals surface area (Å²) in [6.07, 6.45) is 0. The number of hydrogen-bond donors (Lipinski definition) is 2. The van der Waals surface area contributed by atoms with E-state index in [1.54, 1.807) is 0 Å². The first-order chi connectivity index (χ1) is 3.63. The van der Waals surface area contributed by atoms with E-state index < -0.39 is 21.4 Å². The second-order valence-electron chi connectivity index (χ2n) is 0.869. The van der Waals surface area contributed by atoms with Crippen molar-refractivity contribution in [3.05, 3.63) is 10.8 Å². The summed E-state index contributed by atoms with van der Waals surface area (Å²) in [7, 11) is -5.39. The average Bonchev–Trinajstić information content (AvgIpc) is 1.61. The molecule has 0 bridgehead atoms. The van der Waals surface area contributed by atoms with Crippen LogP contribution in [0.2, 0.25) is 0 Å². The molecule has 0 atom stereocenters. The highest BCUT2D eigenvalue weighted by Gasteiger charge is 1.72. The van der Waals surface area contributed by atoms with Crippen LogP contribution in [-0.4, -0.2) is 16.8 Å². The van der Waals surface area contributed by atoms with Gasteiger partial charge in [0.25, 0.3) is 0 Å². The molecule has 0 aromatic heterocycles. The van der Waals surface area contributed by atoms with E-state index in [1.165, 1.54) is 0 Å². The summed E-state index contributed by atoms with van der Waals surface area (Å²) in [4.78, 5) is 0. The van der Waals surface area contributed by atoms with Crippen LogP contribution in [0, 0.1) is 0 Å². The van der Waals surface area contributed by atoms with Gasteiger partial charge in [0.05, 0.1) is 0 Å². The Kier molecular flexibility index (Phi) is 3.46. The van der Waals surface area contributed by atoms with E-state index in [4.69, 9.17) is 0 Å². The summed E-state index contributed by atoms with van der Waals surface area (Å²) in [5.74, 6) is 0. The molecule has 0 radical (unpaired) electrons. The molecule has 48 valence electrons.